The van der Waals surface area contributed by atoms with Crippen molar-refractivity contribution in [3.05, 3.63) is 0 Å². The van der Waals surface area contributed by atoms with Gasteiger partial charge in [-0.25, -0.2) is 0 Å². The highest BCUT2D eigenvalue weighted by atomic mass is 15.1. The highest BCUT2D eigenvalue weighted by molar-refractivity contribution is 4.75. The van der Waals surface area contributed by atoms with Crippen LogP contribution in [0.25, 0.3) is 0 Å². The summed E-state index contributed by atoms with van der Waals surface area (Å²) in [5, 5.41) is 0. The van der Waals surface area contributed by atoms with Crippen molar-refractivity contribution in [2.24, 2.45) is 11.8 Å². The first-order valence-electron chi connectivity index (χ1n) is 7.68. The van der Waals surface area contributed by atoms with Gasteiger partial charge in [0.25, 0.3) is 0 Å². The fourth-order valence-electron chi connectivity index (χ4n) is 3.40. The maximum Gasteiger partial charge on any atom is 0.00100 e. The molecule has 0 bridgehead atoms. The van der Waals surface area contributed by atoms with Crippen molar-refractivity contribution < 1.29 is 0 Å². The lowest BCUT2D eigenvalue weighted by molar-refractivity contribution is 0.203. The lowest BCUT2D eigenvalue weighted by Crippen LogP contribution is -2.30. The molecule has 1 unspecified atom stereocenters. The Kier molecular flexibility index (Phi) is 5.30. The van der Waals surface area contributed by atoms with Crippen LogP contribution in [-0.2, 0) is 0 Å². The van der Waals surface area contributed by atoms with Crippen LogP contribution in [0.4, 0.5) is 0 Å². The largest absolute Gasteiger partial charge is 0.306 e. The highest BCUT2D eigenvalue weighted by Crippen LogP contribution is 2.23. The predicted octanol–water partition coefficient (Wildman–Crippen LogP) is 2.84. The molecule has 0 spiro atoms. The zero-order chi connectivity index (χ0) is 12.1. The summed E-state index contributed by atoms with van der Waals surface area (Å²) in [6.07, 6.45) is 8.62. The summed E-state index contributed by atoms with van der Waals surface area (Å²) in [5.41, 5.74) is 0. The van der Waals surface area contributed by atoms with E-state index in [9.17, 15) is 0 Å². The zero-order valence-electron chi connectivity index (χ0n) is 11.8. The van der Waals surface area contributed by atoms with Crippen molar-refractivity contribution in [3.63, 3.8) is 0 Å². The van der Waals surface area contributed by atoms with Crippen LogP contribution in [0.2, 0.25) is 0 Å². The maximum atomic E-state index is 2.70. The number of nitrogens with zero attached hydrogens (tertiary/aromatic N) is 2. The minimum atomic E-state index is 0.998. The maximum absolute atomic E-state index is 2.70. The third-order valence-electron chi connectivity index (χ3n) is 4.87. The molecule has 2 aliphatic heterocycles. The SMILES string of the molecule is CCC1CCN(CCCC2CCN(C)CC2)C1. The Morgan fingerprint density at radius 1 is 1.00 bits per heavy atom. The topological polar surface area (TPSA) is 6.48 Å². The van der Waals surface area contributed by atoms with Crippen molar-refractivity contribution in [2.45, 2.75) is 45.4 Å². The average Bonchev–Trinajstić information content (AvgIpc) is 2.80. The zero-order valence-corrected chi connectivity index (χ0v) is 11.8. The standard InChI is InChI=1S/C15H30N2/c1-3-14-8-12-17(13-14)9-4-5-15-6-10-16(2)11-7-15/h14-15H,3-13H2,1-2H3. The van der Waals surface area contributed by atoms with Crippen LogP contribution in [0.1, 0.15) is 45.4 Å². The molecule has 0 amide bonds. The van der Waals surface area contributed by atoms with E-state index in [0.29, 0.717) is 0 Å². The molecular weight excluding hydrogens is 208 g/mol. The molecule has 0 aromatic carbocycles. The van der Waals surface area contributed by atoms with Gasteiger partial charge in [0.2, 0.25) is 0 Å². The number of hydrogen-bond donors (Lipinski definition) is 0. The van der Waals surface area contributed by atoms with E-state index >= 15 is 0 Å². The quantitative estimate of drug-likeness (QED) is 0.727. The molecule has 2 heterocycles. The fraction of sp³-hybridized carbons (Fsp3) is 1.00. The second kappa shape index (κ2) is 6.75. The smallest absolute Gasteiger partial charge is 0.00100 e. The van der Waals surface area contributed by atoms with Crippen molar-refractivity contribution in [2.75, 3.05) is 39.8 Å². The normalized spacial score (nSPS) is 28.9. The van der Waals surface area contributed by atoms with Gasteiger partial charge in [-0.15, -0.1) is 0 Å². The molecule has 100 valence electrons. The van der Waals surface area contributed by atoms with Gasteiger partial charge in [0.15, 0.2) is 0 Å². The van der Waals surface area contributed by atoms with E-state index in [1.165, 1.54) is 71.2 Å². The number of likely N-dealkylation sites (tertiary alicyclic amines) is 2. The van der Waals surface area contributed by atoms with Gasteiger partial charge in [0.1, 0.15) is 0 Å². The third kappa shape index (κ3) is 4.26. The molecule has 17 heavy (non-hydrogen) atoms. The molecule has 0 radical (unpaired) electrons. The monoisotopic (exact) mass is 238 g/mol. The van der Waals surface area contributed by atoms with Gasteiger partial charge in [-0.2, -0.15) is 0 Å². The summed E-state index contributed by atoms with van der Waals surface area (Å²) in [6.45, 7) is 9.10. The van der Waals surface area contributed by atoms with E-state index in [1.54, 1.807) is 0 Å². The van der Waals surface area contributed by atoms with Crippen LogP contribution in [0, 0.1) is 11.8 Å². The van der Waals surface area contributed by atoms with Gasteiger partial charge >= 0.3 is 0 Å². The molecule has 0 aliphatic carbocycles. The Hall–Kier alpha value is -0.0800. The van der Waals surface area contributed by atoms with Gasteiger partial charge in [-0.1, -0.05) is 13.3 Å². The Balaban J connectivity index is 1.54. The Morgan fingerprint density at radius 2 is 1.71 bits per heavy atom. The molecule has 0 aromatic rings. The molecule has 2 rings (SSSR count). The lowest BCUT2D eigenvalue weighted by Gasteiger charge is -2.29. The molecule has 2 fully saturated rings. The highest BCUT2D eigenvalue weighted by Gasteiger charge is 2.21. The third-order valence-corrected chi connectivity index (χ3v) is 4.87. The minimum Gasteiger partial charge on any atom is -0.306 e. The van der Waals surface area contributed by atoms with Crippen molar-refractivity contribution in [3.8, 4) is 0 Å². The van der Waals surface area contributed by atoms with E-state index in [1.807, 2.05) is 0 Å². The van der Waals surface area contributed by atoms with E-state index in [-0.39, 0.29) is 0 Å². The molecule has 2 saturated heterocycles. The molecule has 0 aromatic heterocycles. The van der Waals surface area contributed by atoms with Gasteiger partial charge in [0, 0.05) is 6.54 Å². The summed E-state index contributed by atoms with van der Waals surface area (Å²) in [4.78, 5) is 5.17. The Labute approximate surface area is 107 Å². The van der Waals surface area contributed by atoms with Crippen molar-refractivity contribution in [1.82, 2.24) is 9.80 Å². The molecule has 2 aliphatic rings. The summed E-state index contributed by atoms with van der Waals surface area (Å²) < 4.78 is 0. The van der Waals surface area contributed by atoms with Gasteiger partial charge in [-0.3, -0.25) is 0 Å². The van der Waals surface area contributed by atoms with Crippen molar-refractivity contribution in [1.29, 1.82) is 0 Å². The van der Waals surface area contributed by atoms with Crippen LogP contribution >= 0.6 is 0 Å². The first-order chi connectivity index (χ1) is 8.28. The Morgan fingerprint density at radius 3 is 2.35 bits per heavy atom. The number of hydrogen-bond acceptors (Lipinski definition) is 2. The molecule has 2 heteroatoms. The molecule has 2 nitrogen and oxygen atoms in total. The van der Waals surface area contributed by atoms with Gasteiger partial charge < -0.3 is 9.80 Å². The second-order valence-electron chi connectivity index (χ2n) is 6.25. The minimum absolute atomic E-state index is 0.998. The van der Waals surface area contributed by atoms with Crippen LogP contribution < -0.4 is 0 Å². The first-order valence-corrected chi connectivity index (χ1v) is 7.68. The summed E-state index contributed by atoms with van der Waals surface area (Å²) in [7, 11) is 2.26. The fourth-order valence-corrected chi connectivity index (χ4v) is 3.40. The molecular formula is C15H30N2. The summed E-state index contributed by atoms with van der Waals surface area (Å²) in [6, 6.07) is 0. The predicted molar refractivity (Wildman–Crippen MR) is 74.3 cm³/mol. The molecule has 0 saturated carbocycles. The van der Waals surface area contributed by atoms with Crippen LogP contribution in [0.5, 0.6) is 0 Å². The average molecular weight is 238 g/mol. The number of rotatable bonds is 5. The molecule has 0 N–H and O–H groups in total. The summed E-state index contributed by atoms with van der Waals surface area (Å²) >= 11 is 0. The summed E-state index contributed by atoms with van der Waals surface area (Å²) in [5.74, 6) is 2.02. The van der Waals surface area contributed by atoms with E-state index < -0.39 is 0 Å². The van der Waals surface area contributed by atoms with E-state index in [4.69, 9.17) is 0 Å². The van der Waals surface area contributed by atoms with E-state index in [2.05, 4.69) is 23.8 Å². The van der Waals surface area contributed by atoms with Gasteiger partial charge in [0.05, 0.1) is 0 Å². The van der Waals surface area contributed by atoms with E-state index in [0.717, 1.165) is 11.8 Å². The van der Waals surface area contributed by atoms with Crippen LogP contribution in [-0.4, -0.2) is 49.6 Å². The first kappa shape index (κ1) is 13.4. The lowest BCUT2D eigenvalue weighted by atomic mass is 9.92. The van der Waals surface area contributed by atoms with Crippen LogP contribution in [0.3, 0.4) is 0 Å². The Bertz CT molecular complexity index is 207. The van der Waals surface area contributed by atoms with Crippen molar-refractivity contribution >= 4 is 0 Å². The second-order valence-corrected chi connectivity index (χ2v) is 6.25. The van der Waals surface area contributed by atoms with Gasteiger partial charge in [-0.05, 0) is 77.2 Å². The number of piperidine rings is 1. The molecule has 1 atom stereocenters. The van der Waals surface area contributed by atoms with Crippen LogP contribution in [0.15, 0.2) is 0 Å².